The van der Waals surface area contributed by atoms with Gasteiger partial charge in [0.15, 0.2) is 0 Å². The average Bonchev–Trinajstić information content (AvgIpc) is 2.71. The third-order valence-corrected chi connectivity index (χ3v) is 2.65. The van der Waals surface area contributed by atoms with Crippen molar-refractivity contribution in [3.05, 3.63) is 47.8 Å². The van der Waals surface area contributed by atoms with E-state index in [1.54, 1.807) is 29.9 Å². The molecule has 4 heteroatoms. The van der Waals surface area contributed by atoms with E-state index in [0.717, 1.165) is 11.4 Å². The van der Waals surface area contributed by atoms with E-state index in [1.807, 2.05) is 37.3 Å². The number of amides is 1. The molecule has 0 aliphatic carbocycles. The maximum absolute atomic E-state index is 11.9. The first-order chi connectivity index (χ1) is 8.11. The molecule has 0 saturated carbocycles. The van der Waals surface area contributed by atoms with Crippen molar-refractivity contribution in [3.8, 4) is 5.69 Å². The molecule has 1 amide bonds. The van der Waals surface area contributed by atoms with Crippen molar-refractivity contribution in [3.63, 3.8) is 0 Å². The fourth-order valence-corrected chi connectivity index (χ4v) is 1.69. The van der Waals surface area contributed by atoms with E-state index in [1.165, 1.54) is 0 Å². The third kappa shape index (κ3) is 2.06. The molecule has 0 unspecified atom stereocenters. The Hall–Kier alpha value is -2.10. The lowest BCUT2D eigenvalue weighted by atomic mass is 10.2. The van der Waals surface area contributed by atoms with Crippen molar-refractivity contribution in [2.24, 2.45) is 0 Å². The molecule has 1 heterocycles. The van der Waals surface area contributed by atoms with Crippen LogP contribution in [0.2, 0.25) is 0 Å². The van der Waals surface area contributed by atoms with Gasteiger partial charge >= 0.3 is 0 Å². The zero-order valence-corrected chi connectivity index (χ0v) is 10.2. The molecule has 2 rings (SSSR count). The molecule has 1 aromatic carbocycles. The van der Waals surface area contributed by atoms with Crippen molar-refractivity contribution in [2.45, 2.75) is 6.92 Å². The molecule has 4 nitrogen and oxygen atoms in total. The molecule has 0 spiro atoms. The Morgan fingerprint density at radius 3 is 2.47 bits per heavy atom. The summed E-state index contributed by atoms with van der Waals surface area (Å²) in [5.74, 6) is -0.0234. The fourth-order valence-electron chi connectivity index (χ4n) is 1.69. The van der Waals surface area contributed by atoms with Crippen LogP contribution in [-0.2, 0) is 0 Å². The Kier molecular flexibility index (Phi) is 2.95. The van der Waals surface area contributed by atoms with Gasteiger partial charge in [-0.1, -0.05) is 18.2 Å². The lowest BCUT2D eigenvalue weighted by molar-refractivity contribution is 0.0827. The van der Waals surface area contributed by atoms with Gasteiger partial charge in [0.1, 0.15) is 0 Å². The number of rotatable bonds is 2. The monoisotopic (exact) mass is 229 g/mol. The number of carbonyl (C=O) groups excluding carboxylic acids is 1. The summed E-state index contributed by atoms with van der Waals surface area (Å²) in [5, 5.41) is 4.26. The number of carbonyl (C=O) groups is 1. The normalized spacial score (nSPS) is 10.3. The zero-order valence-electron chi connectivity index (χ0n) is 10.2. The van der Waals surface area contributed by atoms with E-state index < -0.39 is 0 Å². The highest BCUT2D eigenvalue weighted by molar-refractivity contribution is 5.94. The minimum atomic E-state index is -0.0234. The van der Waals surface area contributed by atoms with Crippen molar-refractivity contribution < 1.29 is 4.79 Å². The molecule has 2 aromatic rings. The van der Waals surface area contributed by atoms with Crippen molar-refractivity contribution in [2.75, 3.05) is 14.1 Å². The van der Waals surface area contributed by atoms with E-state index in [4.69, 9.17) is 0 Å². The molecule has 0 radical (unpaired) electrons. The predicted octanol–water partition coefficient (Wildman–Crippen LogP) is 1.88. The molecule has 0 fully saturated rings. The van der Waals surface area contributed by atoms with E-state index >= 15 is 0 Å². The van der Waals surface area contributed by atoms with Gasteiger partial charge in [-0.25, -0.2) is 4.68 Å². The lowest BCUT2D eigenvalue weighted by Crippen LogP contribution is -2.22. The predicted molar refractivity (Wildman–Crippen MR) is 66.3 cm³/mol. The Balaban J connectivity index is 2.44. The average molecular weight is 229 g/mol. The van der Waals surface area contributed by atoms with E-state index in [2.05, 4.69) is 5.10 Å². The minimum absolute atomic E-state index is 0.0234. The van der Waals surface area contributed by atoms with Crippen LogP contribution in [0.4, 0.5) is 0 Å². The van der Waals surface area contributed by atoms with Crippen LogP contribution < -0.4 is 0 Å². The molecule has 88 valence electrons. The molecule has 0 bridgehead atoms. The van der Waals surface area contributed by atoms with Gasteiger partial charge in [-0.05, 0) is 19.1 Å². The molecular formula is C13H15N3O. The summed E-state index contributed by atoms with van der Waals surface area (Å²) in [6, 6.07) is 9.77. The first-order valence-corrected chi connectivity index (χ1v) is 5.43. The Labute approximate surface area is 100 Å². The van der Waals surface area contributed by atoms with Gasteiger partial charge in [0.2, 0.25) is 0 Å². The Morgan fingerprint density at radius 2 is 1.88 bits per heavy atom. The molecule has 0 N–H and O–H groups in total. The van der Waals surface area contributed by atoms with Gasteiger partial charge in [-0.2, -0.15) is 5.10 Å². The number of para-hydroxylation sites is 1. The van der Waals surface area contributed by atoms with Crippen molar-refractivity contribution >= 4 is 5.91 Å². The van der Waals surface area contributed by atoms with Gasteiger partial charge in [0, 0.05) is 14.1 Å². The highest BCUT2D eigenvalue weighted by Crippen LogP contribution is 2.14. The van der Waals surface area contributed by atoms with Crippen LogP contribution in [0, 0.1) is 6.92 Å². The summed E-state index contributed by atoms with van der Waals surface area (Å²) < 4.78 is 1.77. The molecule has 0 aliphatic rings. The minimum Gasteiger partial charge on any atom is -0.345 e. The maximum Gasteiger partial charge on any atom is 0.256 e. The van der Waals surface area contributed by atoms with Crippen LogP contribution in [0.25, 0.3) is 5.69 Å². The first kappa shape index (κ1) is 11.4. The fraction of sp³-hybridized carbons (Fsp3) is 0.231. The van der Waals surface area contributed by atoms with Gasteiger partial charge in [0.05, 0.1) is 23.1 Å². The van der Waals surface area contributed by atoms with Crippen LogP contribution in [0.3, 0.4) is 0 Å². The van der Waals surface area contributed by atoms with Crippen LogP contribution in [0.5, 0.6) is 0 Å². The molecule has 0 saturated heterocycles. The number of benzene rings is 1. The zero-order chi connectivity index (χ0) is 12.4. The molecule has 0 aliphatic heterocycles. The molecule has 17 heavy (non-hydrogen) atoms. The van der Waals surface area contributed by atoms with Gasteiger partial charge in [-0.3, -0.25) is 4.79 Å². The summed E-state index contributed by atoms with van der Waals surface area (Å²) in [5.41, 5.74) is 2.46. The summed E-state index contributed by atoms with van der Waals surface area (Å²) >= 11 is 0. The summed E-state index contributed by atoms with van der Waals surface area (Å²) in [7, 11) is 3.48. The van der Waals surface area contributed by atoms with Crippen LogP contribution in [-0.4, -0.2) is 34.7 Å². The van der Waals surface area contributed by atoms with E-state index in [-0.39, 0.29) is 5.91 Å². The smallest absolute Gasteiger partial charge is 0.256 e. The third-order valence-electron chi connectivity index (χ3n) is 2.65. The Bertz CT molecular complexity index is 529. The second-order valence-corrected chi connectivity index (χ2v) is 4.09. The second kappa shape index (κ2) is 4.41. The van der Waals surface area contributed by atoms with Gasteiger partial charge in [0.25, 0.3) is 5.91 Å². The van der Waals surface area contributed by atoms with Gasteiger partial charge < -0.3 is 4.90 Å². The summed E-state index contributed by atoms with van der Waals surface area (Å²) in [4.78, 5) is 13.4. The standard InChI is InChI=1S/C13H15N3O/c1-10-12(13(17)15(2)3)9-14-16(10)11-7-5-4-6-8-11/h4-9H,1-3H3. The quantitative estimate of drug-likeness (QED) is 0.788. The Morgan fingerprint density at radius 1 is 1.24 bits per heavy atom. The second-order valence-electron chi connectivity index (χ2n) is 4.09. The number of aromatic nitrogens is 2. The summed E-state index contributed by atoms with van der Waals surface area (Å²) in [6.45, 7) is 1.90. The number of nitrogens with zero attached hydrogens (tertiary/aromatic N) is 3. The van der Waals surface area contributed by atoms with Gasteiger partial charge in [-0.15, -0.1) is 0 Å². The lowest BCUT2D eigenvalue weighted by Gasteiger charge is -2.10. The van der Waals surface area contributed by atoms with Crippen LogP contribution in [0.15, 0.2) is 36.5 Å². The van der Waals surface area contributed by atoms with Crippen molar-refractivity contribution in [1.82, 2.24) is 14.7 Å². The first-order valence-electron chi connectivity index (χ1n) is 5.43. The van der Waals surface area contributed by atoms with Crippen LogP contribution in [0.1, 0.15) is 16.1 Å². The molecular weight excluding hydrogens is 214 g/mol. The van der Waals surface area contributed by atoms with Crippen molar-refractivity contribution in [1.29, 1.82) is 0 Å². The highest BCUT2D eigenvalue weighted by atomic mass is 16.2. The number of hydrogen-bond acceptors (Lipinski definition) is 2. The van der Waals surface area contributed by atoms with Crippen LogP contribution >= 0.6 is 0 Å². The van der Waals surface area contributed by atoms with E-state index in [9.17, 15) is 4.79 Å². The van der Waals surface area contributed by atoms with E-state index in [0.29, 0.717) is 5.56 Å². The number of hydrogen-bond donors (Lipinski definition) is 0. The molecule has 0 atom stereocenters. The maximum atomic E-state index is 11.9. The summed E-state index contributed by atoms with van der Waals surface area (Å²) in [6.07, 6.45) is 1.62. The topological polar surface area (TPSA) is 38.1 Å². The largest absolute Gasteiger partial charge is 0.345 e. The molecule has 1 aromatic heterocycles. The highest BCUT2D eigenvalue weighted by Gasteiger charge is 2.16. The SMILES string of the molecule is Cc1c(C(=O)N(C)C)cnn1-c1ccccc1.